The van der Waals surface area contributed by atoms with E-state index in [1.54, 1.807) is 30.8 Å². The van der Waals surface area contributed by atoms with Gasteiger partial charge in [0.15, 0.2) is 6.61 Å². The first kappa shape index (κ1) is 17.1. The first-order valence-electron chi connectivity index (χ1n) is 7.67. The Morgan fingerprint density at radius 2 is 1.96 bits per heavy atom. The van der Waals surface area contributed by atoms with Gasteiger partial charge in [-0.25, -0.2) is 4.79 Å². The summed E-state index contributed by atoms with van der Waals surface area (Å²) < 4.78 is 10.6. The van der Waals surface area contributed by atoms with Gasteiger partial charge in [0, 0.05) is 21.5 Å². The molecule has 5 nitrogen and oxygen atoms in total. The van der Waals surface area contributed by atoms with Crippen LogP contribution in [0.25, 0.3) is 11.0 Å². The van der Waals surface area contributed by atoms with Gasteiger partial charge in [-0.2, -0.15) is 0 Å². The normalized spacial score (nSPS) is 10.6. The fraction of sp³-hybridized carbons (Fsp3) is 0.158. The molecule has 1 aromatic heterocycles. The number of aryl methyl sites for hydroxylation is 1. The summed E-state index contributed by atoms with van der Waals surface area (Å²) in [4.78, 5) is 25.2. The van der Waals surface area contributed by atoms with Crippen LogP contribution in [0.5, 0.6) is 0 Å². The lowest BCUT2D eigenvalue weighted by atomic mass is 10.1. The molecule has 1 heterocycles. The van der Waals surface area contributed by atoms with E-state index in [2.05, 4.69) is 5.32 Å². The molecule has 0 saturated carbocycles. The molecule has 0 bridgehead atoms. The van der Waals surface area contributed by atoms with Gasteiger partial charge in [0.2, 0.25) is 5.76 Å². The van der Waals surface area contributed by atoms with Gasteiger partial charge in [-0.1, -0.05) is 24.3 Å². The maximum absolute atomic E-state index is 12.2. The number of amides is 1. The molecule has 128 valence electrons. The standard InChI is InChI=1S/C19H17NO4S/c1-12-15-8-3-4-9-16(15)24-18(12)19(22)23-11-17(21)20-13-6-5-7-14(10-13)25-2/h3-10H,11H2,1-2H3,(H,20,21). The molecule has 0 fully saturated rings. The van der Waals surface area contributed by atoms with Crippen LogP contribution in [0.4, 0.5) is 5.69 Å². The average molecular weight is 355 g/mol. The fourth-order valence-electron chi connectivity index (χ4n) is 2.46. The maximum atomic E-state index is 12.2. The third-order valence-corrected chi connectivity index (χ3v) is 4.44. The molecule has 0 aliphatic heterocycles. The zero-order valence-corrected chi connectivity index (χ0v) is 14.7. The van der Waals surface area contributed by atoms with Crippen LogP contribution in [0.15, 0.2) is 57.8 Å². The predicted octanol–water partition coefficient (Wildman–Crippen LogP) is 4.26. The van der Waals surface area contributed by atoms with Gasteiger partial charge in [-0.3, -0.25) is 4.79 Å². The van der Waals surface area contributed by atoms with E-state index in [-0.39, 0.29) is 12.4 Å². The number of thioether (sulfide) groups is 1. The van der Waals surface area contributed by atoms with E-state index < -0.39 is 11.9 Å². The van der Waals surface area contributed by atoms with Gasteiger partial charge in [-0.15, -0.1) is 11.8 Å². The molecule has 0 radical (unpaired) electrons. The van der Waals surface area contributed by atoms with Crippen LogP contribution in [0.2, 0.25) is 0 Å². The number of rotatable bonds is 5. The van der Waals surface area contributed by atoms with Crippen LogP contribution in [0.3, 0.4) is 0 Å². The average Bonchev–Trinajstić information content (AvgIpc) is 2.97. The quantitative estimate of drug-likeness (QED) is 0.547. The topological polar surface area (TPSA) is 68.5 Å². The van der Waals surface area contributed by atoms with Crippen molar-refractivity contribution < 1.29 is 18.7 Å². The van der Waals surface area contributed by atoms with Crippen molar-refractivity contribution in [1.82, 2.24) is 0 Å². The lowest BCUT2D eigenvalue weighted by molar-refractivity contribution is -0.119. The van der Waals surface area contributed by atoms with Crippen LogP contribution in [-0.2, 0) is 9.53 Å². The van der Waals surface area contributed by atoms with Crippen molar-refractivity contribution in [3.05, 3.63) is 59.9 Å². The molecule has 25 heavy (non-hydrogen) atoms. The summed E-state index contributed by atoms with van der Waals surface area (Å²) in [6.45, 7) is 1.41. The number of benzene rings is 2. The highest BCUT2D eigenvalue weighted by atomic mass is 32.2. The summed E-state index contributed by atoms with van der Waals surface area (Å²) in [7, 11) is 0. The molecule has 0 spiro atoms. The molecule has 0 saturated heterocycles. The molecule has 0 aliphatic carbocycles. The van der Waals surface area contributed by atoms with Crippen LogP contribution in [-0.4, -0.2) is 24.7 Å². The number of ether oxygens (including phenoxy) is 1. The Balaban J connectivity index is 1.63. The fourth-order valence-corrected chi connectivity index (χ4v) is 2.92. The lowest BCUT2D eigenvalue weighted by Crippen LogP contribution is -2.21. The van der Waals surface area contributed by atoms with E-state index in [4.69, 9.17) is 9.15 Å². The third kappa shape index (κ3) is 3.85. The number of para-hydroxylation sites is 1. The lowest BCUT2D eigenvalue weighted by Gasteiger charge is -2.07. The van der Waals surface area contributed by atoms with E-state index in [1.165, 1.54) is 0 Å². The largest absolute Gasteiger partial charge is 0.450 e. The minimum atomic E-state index is -0.651. The molecule has 3 rings (SSSR count). The number of fused-ring (bicyclic) bond motifs is 1. The Labute approximate surface area is 149 Å². The summed E-state index contributed by atoms with van der Waals surface area (Å²) in [6, 6.07) is 14.8. The van der Waals surface area contributed by atoms with Gasteiger partial charge in [-0.05, 0) is 37.4 Å². The molecular weight excluding hydrogens is 338 g/mol. The number of nitrogens with one attached hydrogen (secondary N) is 1. The molecule has 1 amide bonds. The minimum Gasteiger partial charge on any atom is -0.450 e. The zero-order chi connectivity index (χ0) is 17.8. The van der Waals surface area contributed by atoms with Crippen LogP contribution < -0.4 is 5.32 Å². The van der Waals surface area contributed by atoms with Gasteiger partial charge in [0.1, 0.15) is 5.58 Å². The van der Waals surface area contributed by atoms with Crippen LogP contribution in [0.1, 0.15) is 16.1 Å². The van der Waals surface area contributed by atoms with Gasteiger partial charge in [0.25, 0.3) is 5.91 Å². The van der Waals surface area contributed by atoms with Crippen LogP contribution in [0, 0.1) is 6.92 Å². The number of anilines is 1. The second-order valence-electron chi connectivity index (χ2n) is 5.41. The SMILES string of the molecule is CSc1cccc(NC(=O)COC(=O)c2oc3ccccc3c2C)c1. The van der Waals surface area contributed by atoms with E-state index in [1.807, 2.05) is 42.7 Å². The maximum Gasteiger partial charge on any atom is 0.375 e. The van der Waals surface area contributed by atoms with Crippen molar-refractivity contribution in [1.29, 1.82) is 0 Å². The highest BCUT2D eigenvalue weighted by Gasteiger charge is 2.19. The number of hydrogen-bond acceptors (Lipinski definition) is 5. The van der Waals surface area contributed by atoms with Crippen molar-refractivity contribution in [2.24, 2.45) is 0 Å². The molecular formula is C19H17NO4S. The number of carbonyl (C=O) groups is 2. The third-order valence-electron chi connectivity index (χ3n) is 3.72. The Morgan fingerprint density at radius 1 is 1.16 bits per heavy atom. The Morgan fingerprint density at radius 3 is 2.72 bits per heavy atom. The molecule has 3 aromatic rings. The van der Waals surface area contributed by atoms with E-state index in [9.17, 15) is 9.59 Å². The summed E-state index contributed by atoms with van der Waals surface area (Å²) in [5.41, 5.74) is 1.98. The number of hydrogen-bond donors (Lipinski definition) is 1. The molecule has 2 aromatic carbocycles. The van der Waals surface area contributed by atoms with E-state index >= 15 is 0 Å². The Hall–Kier alpha value is -2.73. The van der Waals surface area contributed by atoms with Crippen molar-refractivity contribution in [3.8, 4) is 0 Å². The molecule has 0 atom stereocenters. The minimum absolute atomic E-state index is 0.124. The number of furan rings is 1. The molecule has 0 aliphatic rings. The molecule has 6 heteroatoms. The molecule has 0 unspecified atom stereocenters. The van der Waals surface area contributed by atoms with E-state index in [0.717, 1.165) is 10.3 Å². The van der Waals surface area contributed by atoms with Gasteiger partial charge in [0.05, 0.1) is 0 Å². The Bertz CT molecular complexity index is 932. The van der Waals surface area contributed by atoms with Crippen LogP contribution >= 0.6 is 11.8 Å². The summed E-state index contributed by atoms with van der Waals surface area (Å²) >= 11 is 1.58. The highest BCUT2D eigenvalue weighted by Crippen LogP contribution is 2.25. The second kappa shape index (κ2) is 7.44. The smallest absolute Gasteiger partial charge is 0.375 e. The second-order valence-corrected chi connectivity index (χ2v) is 6.29. The number of carbonyl (C=O) groups excluding carboxylic acids is 2. The van der Waals surface area contributed by atoms with Gasteiger partial charge >= 0.3 is 5.97 Å². The number of esters is 1. The zero-order valence-electron chi connectivity index (χ0n) is 13.9. The first-order valence-corrected chi connectivity index (χ1v) is 8.90. The molecule has 1 N–H and O–H groups in total. The summed E-state index contributed by atoms with van der Waals surface area (Å²) in [5, 5.41) is 3.56. The Kier molecular flexibility index (Phi) is 5.09. The van der Waals surface area contributed by atoms with Crippen molar-refractivity contribution in [3.63, 3.8) is 0 Å². The van der Waals surface area contributed by atoms with Gasteiger partial charge < -0.3 is 14.5 Å². The monoisotopic (exact) mass is 355 g/mol. The highest BCUT2D eigenvalue weighted by molar-refractivity contribution is 7.98. The predicted molar refractivity (Wildman–Crippen MR) is 98.1 cm³/mol. The van der Waals surface area contributed by atoms with E-state index in [0.29, 0.717) is 16.8 Å². The van der Waals surface area contributed by atoms with Crippen molar-refractivity contribution in [2.45, 2.75) is 11.8 Å². The summed E-state index contributed by atoms with van der Waals surface area (Å²) in [6.07, 6.45) is 1.96. The first-order chi connectivity index (χ1) is 12.1. The van der Waals surface area contributed by atoms with Crippen molar-refractivity contribution >= 4 is 40.3 Å². The summed E-state index contributed by atoms with van der Waals surface area (Å²) in [5.74, 6) is -0.930. The van der Waals surface area contributed by atoms with Crippen molar-refractivity contribution in [2.75, 3.05) is 18.2 Å².